The maximum atomic E-state index is 10.6. The van der Waals surface area contributed by atoms with E-state index in [0.717, 1.165) is 12.2 Å². The first-order chi connectivity index (χ1) is 7.98. The van der Waals surface area contributed by atoms with Gasteiger partial charge in [0.1, 0.15) is 11.4 Å². The Morgan fingerprint density at radius 2 is 1.59 bits per heavy atom. The van der Waals surface area contributed by atoms with Gasteiger partial charge in [-0.2, -0.15) is 18.4 Å². The van der Waals surface area contributed by atoms with Gasteiger partial charge in [0.2, 0.25) is 12.2 Å². The van der Waals surface area contributed by atoms with E-state index in [1.54, 1.807) is 0 Å². The Balaban J connectivity index is 3.48. The molecule has 0 saturated heterocycles. The van der Waals surface area contributed by atoms with Crippen molar-refractivity contribution in [2.75, 3.05) is 0 Å². The molecule has 0 amide bonds. The van der Waals surface area contributed by atoms with Crippen LogP contribution >= 0.6 is 0 Å². The van der Waals surface area contributed by atoms with Crippen LogP contribution in [0.15, 0.2) is 28.2 Å². The Morgan fingerprint density at radius 3 is 1.94 bits per heavy atom. The van der Waals surface area contributed by atoms with Gasteiger partial charge in [-0.3, -0.25) is 4.55 Å². The van der Waals surface area contributed by atoms with E-state index < -0.39 is 16.1 Å². The highest BCUT2D eigenvalue weighted by molar-refractivity contribution is 7.81. The zero-order valence-electron chi connectivity index (χ0n) is 8.02. The Bertz CT molecular complexity index is 589. The van der Waals surface area contributed by atoms with Gasteiger partial charge < -0.3 is 4.18 Å². The molecule has 0 aliphatic rings. The highest BCUT2D eigenvalue weighted by atomic mass is 32.3. The van der Waals surface area contributed by atoms with Crippen molar-refractivity contribution >= 4 is 33.9 Å². The molecule has 0 saturated carbocycles. The SMILES string of the molecule is O=C=Nc1cccc(N=C=O)c1OS(=O)(=O)O. The first-order valence-corrected chi connectivity index (χ1v) is 5.30. The van der Waals surface area contributed by atoms with Crippen LogP contribution in [0.5, 0.6) is 5.75 Å². The molecule has 0 spiro atoms. The fraction of sp³-hybridized carbons (Fsp3) is 0. The van der Waals surface area contributed by atoms with Crippen LogP contribution in [0.25, 0.3) is 0 Å². The Hall–Kier alpha value is -2.31. The molecule has 8 nitrogen and oxygen atoms in total. The maximum Gasteiger partial charge on any atom is 0.446 e. The van der Waals surface area contributed by atoms with Crippen LogP contribution in [0.4, 0.5) is 11.4 Å². The van der Waals surface area contributed by atoms with Crippen molar-refractivity contribution in [3.05, 3.63) is 18.2 Å². The zero-order chi connectivity index (χ0) is 12.9. The van der Waals surface area contributed by atoms with Crippen LogP contribution in [-0.4, -0.2) is 25.1 Å². The number of nitrogens with zero attached hydrogens (tertiary/aromatic N) is 2. The lowest BCUT2D eigenvalue weighted by Gasteiger charge is -2.05. The molecule has 0 aromatic heterocycles. The Labute approximate surface area is 95.2 Å². The molecule has 0 fully saturated rings. The van der Waals surface area contributed by atoms with E-state index >= 15 is 0 Å². The topological polar surface area (TPSA) is 122 Å². The number of hydrogen-bond donors (Lipinski definition) is 1. The van der Waals surface area contributed by atoms with E-state index in [4.69, 9.17) is 4.55 Å². The molecule has 1 rings (SSSR count). The maximum absolute atomic E-state index is 10.6. The van der Waals surface area contributed by atoms with Crippen LogP contribution < -0.4 is 4.18 Å². The second kappa shape index (κ2) is 5.15. The van der Waals surface area contributed by atoms with Crippen molar-refractivity contribution in [3.63, 3.8) is 0 Å². The quantitative estimate of drug-likeness (QED) is 0.483. The molecule has 9 heteroatoms. The lowest BCUT2D eigenvalue weighted by atomic mass is 10.2. The monoisotopic (exact) mass is 256 g/mol. The number of hydrogen-bond acceptors (Lipinski definition) is 7. The third kappa shape index (κ3) is 3.63. The Kier molecular flexibility index (Phi) is 3.86. The first-order valence-electron chi connectivity index (χ1n) is 3.93. The summed E-state index contributed by atoms with van der Waals surface area (Å²) in [7, 11) is -4.84. The van der Waals surface area contributed by atoms with E-state index in [-0.39, 0.29) is 11.4 Å². The van der Waals surface area contributed by atoms with Gasteiger partial charge in [-0.1, -0.05) is 6.07 Å². The molecular formula is C8H4N2O6S. The van der Waals surface area contributed by atoms with Gasteiger partial charge in [0, 0.05) is 0 Å². The van der Waals surface area contributed by atoms with Crippen molar-refractivity contribution < 1.29 is 26.7 Å². The summed E-state index contributed by atoms with van der Waals surface area (Å²) in [5, 5.41) is 0. The van der Waals surface area contributed by atoms with Crippen LogP contribution in [0.3, 0.4) is 0 Å². The number of carbonyl (C=O) groups excluding carboxylic acids is 2. The van der Waals surface area contributed by atoms with Crippen molar-refractivity contribution in [2.24, 2.45) is 9.98 Å². The molecule has 0 bridgehead atoms. The van der Waals surface area contributed by atoms with Gasteiger partial charge in [0.05, 0.1) is 0 Å². The van der Waals surface area contributed by atoms with E-state index in [0.29, 0.717) is 0 Å². The molecule has 17 heavy (non-hydrogen) atoms. The molecule has 88 valence electrons. The van der Waals surface area contributed by atoms with E-state index in [1.165, 1.54) is 18.2 Å². The minimum absolute atomic E-state index is 0.255. The molecule has 0 aliphatic carbocycles. The second-order valence-corrected chi connectivity index (χ2v) is 3.56. The lowest BCUT2D eigenvalue weighted by Crippen LogP contribution is -2.06. The largest absolute Gasteiger partial charge is 0.446 e. The Morgan fingerprint density at radius 1 is 1.12 bits per heavy atom. The number of aliphatic imine (C=N–C) groups is 2. The summed E-state index contributed by atoms with van der Waals surface area (Å²) in [5.41, 5.74) is -0.511. The summed E-state index contributed by atoms with van der Waals surface area (Å²) in [5.74, 6) is -0.568. The van der Waals surface area contributed by atoms with Crippen LogP contribution in [0, 0.1) is 0 Å². The van der Waals surface area contributed by atoms with Gasteiger partial charge in [-0.05, 0) is 12.1 Å². The average Bonchev–Trinajstić information content (AvgIpc) is 2.21. The van der Waals surface area contributed by atoms with Crippen molar-refractivity contribution in [1.29, 1.82) is 0 Å². The summed E-state index contributed by atoms with van der Waals surface area (Å²) < 4.78 is 33.8. The van der Waals surface area contributed by atoms with Crippen molar-refractivity contribution in [2.45, 2.75) is 0 Å². The number of para-hydroxylation sites is 1. The van der Waals surface area contributed by atoms with E-state index in [2.05, 4.69) is 14.2 Å². The number of rotatable bonds is 4. The summed E-state index contributed by atoms with van der Waals surface area (Å²) in [6.07, 6.45) is 2.32. The first kappa shape index (κ1) is 12.8. The predicted molar refractivity (Wildman–Crippen MR) is 54.2 cm³/mol. The molecule has 0 atom stereocenters. The fourth-order valence-electron chi connectivity index (χ4n) is 0.978. The van der Waals surface area contributed by atoms with Gasteiger partial charge in [0.25, 0.3) is 0 Å². The summed E-state index contributed by atoms with van der Waals surface area (Å²) in [6, 6.07) is 3.74. The van der Waals surface area contributed by atoms with Gasteiger partial charge in [0.15, 0.2) is 5.75 Å². The molecule has 1 N–H and O–H groups in total. The summed E-state index contributed by atoms with van der Waals surface area (Å²) in [6.45, 7) is 0. The average molecular weight is 256 g/mol. The third-order valence-corrected chi connectivity index (χ3v) is 1.87. The summed E-state index contributed by atoms with van der Waals surface area (Å²) >= 11 is 0. The molecule has 1 aromatic rings. The smallest absolute Gasteiger partial charge is 0.357 e. The highest BCUT2D eigenvalue weighted by Crippen LogP contribution is 2.37. The van der Waals surface area contributed by atoms with E-state index in [9.17, 15) is 18.0 Å². The van der Waals surface area contributed by atoms with Crippen LogP contribution in [-0.2, 0) is 20.0 Å². The van der Waals surface area contributed by atoms with Gasteiger partial charge >= 0.3 is 10.4 Å². The minimum atomic E-state index is -4.84. The fourth-order valence-corrected chi connectivity index (χ4v) is 1.36. The van der Waals surface area contributed by atoms with E-state index in [1.807, 2.05) is 0 Å². The molecule has 1 aromatic carbocycles. The normalized spacial score (nSPS) is 9.94. The van der Waals surface area contributed by atoms with Gasteiger partial charge in [-0.15, -0.1) is 0 Å². The number of isocyanates is 2. The molecule has 0 unspecified atom stereocenters. The second-order valence-electron chi connectivity index (χ2n) is 2.54. The van der Waals surface area contributed by atoms with Crippen molar-refractivity contribution in [1.82, 2.24) is 0 Å². The highest BCUT2D eigenvalue weighted by Gasteiger charge is 2.16. The third-order valence-electron chi connectivity index (χ3n) is 1.49. The zero-order valence-corrected chi connectivity index (χ0v) is 8.84. The van der Waals surface area contributed by atoms with Gasteiger partial charge in [-0.25, -0.2) is 9.59 Å². The molecule has 0 radical (unpaired) electrons. The predicted octanol–water partition coefficient (Wildman–Crippen LogP) is 0.803. The number of benzene rings is 1. The molecule has 0 heterocycles. The van der Waals surface area contributed by atoms with Crippen LogP contribution in [0.2, 0.25) is 0 Å². The molecular weight excluding hydrogens is 252 g/mol. The molecule has 0 aliphatic heterocycles. The summed E-state index contributed by atoms with van der Waals surface area (Å²) in [4.78, 5) is 26.5. The standard InChI is InChI=1S/C8H4N2O6S/c11-4-9-6-2-1-3-7(10-5-12)8(6)16-17(13,14)15/h1-3H,(H,13,14,15). The van der Waals surface area contributed by atoms with Crippen LogP contribution in [0.1, 0.15) is 0 Å². The minimum Gasteiger partial charge on any atom is -0.357 e. The van der Waals surface area contributed by atoms with Crippen molar-refractivity contribution in [3.8, 4) is 5.75 Å². The lowest BCUT2D eigenvalue weighted by molar-refractivity contribution is 0.387.